The number of carboxylic acids is 1. The van der Waals surface area contributed by atoms with Gasteiger partial charge in [0.15, 0.2) is 6.61 Å². The Bertz CT molecular complexity index is 517. The number of fused-ring (bicyclic) bond motifs is 1. The lowest BCUT2D eigenvalue weighted by atomic mass is 9.99. The van der Waals surface area contributed by atoms with Gasteiger partial charge in [0.1, 0.15) is 5.75 Å². The number of carbonyl (C=O) groups excluding carboxylic acids is 1. The normalized spacial score (nSPS) is 16.8. The number of amides is 1. The summed E-state index contributed by atoms with van der Waals surface area (Å²) >= 11 is 0. The Hall–Kier alpha value is -2.12. The molecule has 0 saturated carbocycles. The van der Waals surface area contributed by atoms with Gasteiger partial charge in [-0.3, -0.25) is 9.59 Å². The first-order chi connectivity index (χ1) is 8.97. The molecule has 2 unspecified atom stereocenters. The molecule has 5 N–H and O–H groups in total. The zero-order chi connectivity index (χ0) is 14.0. The van der Waals surface area contributed by atoms with E-state index in [4.69, 9.17) is 15.6 Å². The van der Waals surface area contributed by atoms with Crippen LogP contribution in [0.2, 0.25) is 0 Å². The lowest BCUT2D eigenvalue weighted by molar-refractivity contribution is -0.138. The molecule has 1 aliphatic rings. The Morgan fingerprint density at radius 3 is 2.95 bits per heavy atom. The van der Waals surface area contributed by atoms with Crippen LogP contribution in [-0.2, 0) is 9.59 Å². The highest BCUT2D eigenvalue weighted by molar-refractivity contribution is 5.95. The molecule has 1 heterocycles. The van der Waals surface area contributed by atoms with Crippen molar-refractivity contribution >= 4 is 17.6 Å². The van der Waals surface area contributed by atoms with Gasteiger partial charge in [-0.25, -0.2) is 0 Å². The van der Waals surface area contributed by atoms with Gasteiger partial charge in [-0.05, 0) is 17.7 Å². The number of nitrogens with two attached hydrogens (primary N) is 1. The van der Waals surface area contributed by atoms with Gasteiger partial charge >= 0.3 is 5.97 Å². The molecule has 0 radical (unpaired) electrons. The predicted molar refractivity (Wildman–Crippen MR) is 65.8 cm³/mol. The third kappa shape index (κ3) is 3.01. The largest absolute Gasteiger partial charge is 0.482 e. The predicted octanol–water partition coefficient (Wildman–Crippen LogP) is -0.147. The van der Waals surface area contributed by atoms with Gasteiger partial charge in [-0.15, -0.1) is 0 Å². The van der Waals surface area contributed by atoms with Gasteiger partial charge in [-0.2, -0.15) is 0 Å². The molecule has 0 spiro atoms. The van der Waals surface area contributed by atoms with Gasteiger partial charge in [0.25, 0.3) is 5.91 Å². The molecule has 19 heavy (non-hydrogen) atoms. The Morgan fingerprint density at radius 1 is 1.53 bits per heavy atom. The Balaban J connectivity index is 2.19. The van der Waals surface area contributed by atoms with Crippen molar-refractivity contribution in [2.45, 2.75) is 18.6 Å². The van der Waals surface area contributed by atoms with E-state index in [0.717, 1.165) is 0 Å². The molecule has 1 amide bonds. The summed E-state index contributed by atoms with van der Waals surface area (Å²) in [6.07, 6.45) is -1.47. The SMILES string of the molecule is NC(CC(=O)O)C(O)c1ccc2c(c1)NC(=O)CO2. The average Bonchev–Trinajstić information content (AvgIpc) is 2.36. The summed E-state index contributed by atoms with van der Waals surface area (Å²) in [5, 5.41) is 21.2. The fourth-order valence-electron chi connectivity index (χ4n) is 1.85. The molecule has 102 valence electrons. The average molecular weight is 266 g/mol. The van der Waals surface area contributed by atoms with Crippen molar-refractivity contribution in [2.75, 3.05) is 11.9 Å². The first-order valence-electron chi connectivity index (χ1n) is 5.69. The highest BCUT2D eigenvalue weighted by Crippen LogP contribution is 2.31. The number of carbonyl (C=O) groups is 2. The van der Waals surface area contributed by atoms with Crippen molar-refractivity contribution in [1.29, 1.82) is 0 Å². The van der Waals surface area contributed by atoms with Crippen LogP contribution < -0.4 is 15.8 Å². The summed E-state index contributed by atoms with van der Waals surface area (Å²) in [6.45, 7) is -0.0482. The van der Waals surface area contributed by atoms with Crippen LogP contribution in [-0.4, -0.2) is 34.7 Å². The minimum absolute atomic E-state index is 0.0482. The minimum atomic E-state index is -1.12. The van der Waals surface area contributed by atoms with E-state index in [1.54, 1.807) is 12.1 Å². The van der Waals surface area contributed by atoms with Gasteiger partial charge in [0.05, 0.1) is 18.2 Å². The zero-order valence-electron chi connectivity index (χ0n) is 10.00. The second kappa shape index (κ2) is 5.25. The van der Waals surface area contributed by atoms with Crippen LogP contribution in [0, 0.1) is 0 Å². The molecule has 0 aliphatic carbocycles. The van der Waals surface area contributed by atoms with Crippen molar-refractivity contribution in [2.24, 2.45) is 5.73 Å². The molecule has 2 atom stereocenters. The summed E-state index contributed by atoms with van der Waals surface area (Å²) in [4.78, 5) is 21.7. The number of anilines is 1. The van der Waals surface area contributed by atoms with Crippen molar-refractivity contribution in [3.63, 3.8) is 0 Å². The molecule has 7 nitrogen and oxygen atoms in total. The lowest BCUT2D eigenvalue weighted by Gasteiger charge is -2.22. The van der Waals surface area contributed by atoms with Crippen molar-refractivity contribution in [3.8, 4) is 5.75 Å². The highest BCUT2D eigenvalue weighted by atomic mass is 16.5. The quantitative estimate of drug-likeness (QED) is 0.601. The number of aliphatic hydroxyl groups is 1. The summed E-state index contributed by atoms with van der Waals surface area (Å²) in [5.41, 5.74) is 6.47. The molecule has 0 saturated heterocycles. The number of nitrogens with one attached hydrogen (secondary N) is 1. The summed E-state index contributed by atoms with van der Waals surface area (Å²) in [7, 11) is 0. The van der Waals surface area contributed by atoms with Gasteiger partial charge < -0.3 is 26.0 Å². The number of carboxylic acid groups (broad SMARTS) is 1. The Morgan fingerprint density at radius 2 is 2.26 bits per heavy atom. The van der Waals surface area contributed by atoms with Gasteiger partial charge in [0, 0.05) is 6.04 Å². The van der Waals surface area contributed by atoms with E-state index in [0.29, 0.717) is 17.0 Å². The molecule has 0 bridgehead atoms. The fourth-order valence-corrected chi connectivity index (χ4v) is 1.85. The number of ether oxygens (including phenoxy) is 1. The topological polar surface area (TPSA) is 122 Å². The molecule has 0 aromatic heterocycles. The fraction of sp³-hybridized carbons (Fsp3) is 0.333. The van der Waals surface area contributed by atoms with E-state index < -0.39 is 18.1 Å². The summed E-state index contributed by atoms with van der Waals surface area (Å²) in [5.74, 6) is -0.863. The lowest BCUT2D eigenvalue weighted by Crippen LogP contribution is -2.31. The van der Waals surface area contributed by atoms with Crippen LogP contribution in [0.15, 0.2) is 18.2 Å². The van der Waals surface area contributed by atoms with E-state index in [-0.39, 0.29) is 18.9 Å². The third-order valence-electron chi connectivity index (χ3n) is 2.79. The second-order valence-corrected chi connectivity index (χ2v) is 4.30. The minimum Gasteiger partial charge on any atom is -0.482 e. The number of aliphatic hydroxyl groups excluding tert-OH is 1. The maximum atomic E-state index is 11.2. The van der Waals surface area contributed by atoms with E-state index in [2.05, 4.69) is 5.32 Å². The molecule has 7 heteroatoms. The zero-order valence-corrected chi connectivity index (χ0v) is 10.00. The monoisotopic (exact) mass is 266 g/mol. The molecular weight excluding hydrogens is 252 g/mol. The number of rotatable bonds is 4. The number of benzene rings is 1. The van der Waals surface area contributed by atoms with Crippen molar-refractivity contribution in [3.05, 3.63) is 23.8 Å². The maximum absolute atomic E-state index is 11.2. The number of hydrogen-bond acceptors (Lipinski definition) is 5. The first-order valence-corrected chi connectivity index (χ1v) is 5.69. The summed E-state index contributed by atoms with van der Waals surface area (Å²) in [6, 6.07) is 3.79. The molecular formula is C12H14N2O5. The van der Waals surface area contributed by atoms with E-state index in [1.807, 2.05) is 0 Å². The molecule has 1 aliphatic heterocycles. The maximum Gasteiger partial charge on any atom is 0.305 e. The highest BCUT2D eigenvalue weighted by Gasteiger charge is 2.22. The van der Waals surface area contributed by atoms with Gasteiger partial charge in [-0.1, -0.05) is 6.07 Å². The van der Waals surface area contributed by atoms with Crippen LogP contribution in [0.4, 0.5) is 5.69 Å². The smallest absolute Gasteiger partial charge is 0.305 e. The molecule has 1 aromatic rings. The van der Waals surface area contributed by atoms with Crippen LogP contribution in [0.25, 0.3) is 0 Å². The number of hydrogen-bond donors (Lipinski definition) is 4. The van der Waals surface area contributed by atoms with Crippen molar-refractivity contribution in [1.82, 2.24) is 0 Å². The Labute approximate surface area is 109 Å². The van der Waals surface area contributed by atoms with E-state index in [1.165, 1.54) is 6.07 Å². The van der Waals surface area contributed by atoms with Crippen LogP contribution in [0.3, 0.4) is 0 Å². The Kier molecular flexibility index (Phi) is 3.68. The van der Waals surface area contributed by atoms with Gasteiger partial charge in [0.2, 0.25) is 0 Å². The van der Waals surface area contributed by atoms with E-state index in [9.17, 15) is 14.7 Å². The molecule has 2 rings (SSSR count). The van der Waals surface area contributed by atoms with Crippen molar-refractivity contribution < 1.29 is 24.5 Å². The molecule has 0 fully saturated rings. The third-order valence-corrected chi connectivity index (χ3v) is 2.79. The molecule has 1 aromatic carbocycles. The summed E-state index contributed by atoms with van der Waals surface area (Å²) < 4.78 is 5.18. The van der Waals surface area contributed by atoms with Crippen LogP contribution >= 0.6 is 0 Å². The number of aliphatic carboxylic acids is 1. The van der Waals surface area contributed by atoms with Crippen LogP contribution in [0.5, 0.6) is 5.75 Å². The van der Waals surface area contributed by atoms with Crippen LogP contribution in [0.1, 0.15) is 18.1 Å². The first kappa shape index (κ1) is 13.3. The van der Waals surface area contributed by atoms with E-state index >= 15 is 0 Å². The standard InChI is InChI=1S/C12H14N2O5/c13-7(4-11(16)17)12(18)6-1-2-9-8(3-6)14-10(15)5-19-9/h1-3,7,12,18H,4-5,13H2,(H,14,15)(H,16,17). The second-order valence-electron chi connectivity index (χ2n) is 4.30.